The fourth-order valence-corrected chi connectivity index (χ4v) is 3.44. The van der Waals surface area contributed by atoms with E-state index in [0.29, 0.717) is 11.8 Å². The molecule has 0 atom stereocenters. The van der Waals surface area contributed by atoms with Crippen LogP contribution >= 0.6 is 0 Å². The van der Waals surface area contributed by atoms with Crippen molar-refractivity contribution in [1.29, 1.82) is 0 Å². The molecule has 0 saturated carbocycles. The Kier molecular flexibility index (Phi) is 5.61. The molecule has 128 valence electrons. The summed E-state index contributed by atoms with van der Waals surface area (Å²) in [5, 5.41) is 3.98. The summed E-state index contributed by atoms with van der Waals surface area (Å²) < 4.78 is 5.04. The lowest BCUT2D eigenvalue weighted by atomic mass is 10.3. The van der Waals surface area contributed by atoms with Gasteiger partial charge in [0.2, 0.25) is 11.8 Å². The molecule has 1 aromatic rings. The van der Waals surface area contributed by atoms with Crippen LogP contribution in [0.5, 0.6) is 0 Å². The molecule has 0 bridgehead atoms. The van der Waals surface area contributed by atoms with E-state index >= 15 is 0 Å². The number of likely N-dealkylation sites (tertiary alicyclic amines) is 1. The van der Waals surface area contributed by atoms with Crippen LogP contribution in [0.2, 0.25) is 0 Å². The van der Waals surface area contributed by atoms with Crippen LogP contribution in [0, 0.1) is 6.92 Å². The Labute approximate surface area is 137 Å². The van der Waals surface area contributed by atoms with Gasteiger partial charge in [0.05, 0.1) is 6.54 Å². The Morgan fingerprint density at radius 2 is 1.87 bits per heavy atom. The van der Waals surface area contributed by atoms with Gasteiger partial charge in [-0.25, -0.2) is 0 Å². The first kappa shape index (κ1) is 16.4. The highest BCUT2D eigenvalue weighted by molar-refractivity contribution is 5.77. The molecular formula is C16H27N5O2. The highest BCUT2D eigenvalue weighted by Gasteiger charge is 2.20. The summed E-state index contributed by atoms with van der Waals surface area (Å²) >= 11 is 0. The molecule has 2 fully saturated rings. The molecule has 1 amide bonds. The monoisotopic (exact) mass is 321 g/mol. The summed E-state index contributed by atoms with van der Waals surface area (Å²) in [6.07, 6.45) is 4.02. The van der Waals surface area contributed by atoms with E-state index in [4.69, 9.17) is 4.52 Å². The van der Waals surface area contributed by atoms with Gasteiger partial charge in [-0.2, -0.15) is 4.98 Å². The third kappa shape index (κ3) is 4.75. The average molecular weight is 321 g/mol. The fourth-order valence-electron chi connectivity index (χ4n) is 3.44. The van der Waals surface area contributed by atoms with Gasteiger partial charge in [0.1, 0.15) is 0 Å². The predicted octanol–water partition coefficient (Wildman–Crippen LogP) is 0.898. The summed E-state index contributed by atoms with van der Waals surface area (Å²) in [4.78, 5) is 22.8. The van der Waals surface area contributed by atoms with E-state index in [2.05, 4.69) is 19.9 Å². The van der Waals surface area contributed by atoms with Crippen molar-refractivity contribution < 1.29 is 9.32 Å². The molecule has 0 radical (unpaired) electrons. The summed E-state index contributed by atoms with van der Waals surface area (Å²) in [5.41, 5.74) is 0. The number of aryl methyl sites for hydroxylation is 1. The van der Waals surface area contributed by atoms with Gasteiger partial charge >= 0.3 is 0 Å². The second-order valence-corrected chi connectivity index (χ2v) is 6.54. The lowest BCUT2D eigenvalue weighted by molar-refractivity contribution is -0.127. The van der Waals surface area contributed by atoms with Crippen LogP contribution in [0.3, 0.4) is 0 Å². The molecule has 0 spiro atoms. The van der Waals surface area contributed by atoms with E-state index in [1.165, 1.54) is 6.42 Å². The molecule has 3 heterocycles. The van der Waals surface area contributed by atoms with Gasteiger partial charge < -0.3 is 14.3 Å². The molecule has 2 aliphatic heterocycles. The lowest BCUT2D eigenvalue weighted by Crippen LogP contribution is -2.33. The minimum Gasteiger partial charge on any atom is -0.343 e. The Morgan fingerprint density at radius 3 is 2.61 bits per heavy atom. The van der Waals surface area contributed by atoms with Crippen molar-refractivity contribution in [3.63, 3.8) is 0 Å². The van der Waals surface area contributed by atoms with Gasteiger partial charge in [-0.05, 0) is 38.9 Å². The van der Waals surface area contributed by atoms with E-state index in [1.807, 2.05) is 11.8 Å². The largest absolute Gasteiger partial charge is 0.343 e. The molecule has 0 N–H and O–H groups in total. The number of carbonyl (C=O) groups excluding carboxylic acids is 1. The van der Waals surface area contributed by atoms with Gasteiger partial charge in [0.15, 0.2) is 5.82 Å². The zero-order chi connectivity index (χ0) is 16.1. The number of hydrogen-bond donors (Lipinski definition) is 0. The minimum atomic E-state index is 0.336. The van der Waals surface area contributed by atoms with E-state index in [1.54, 1.807) is 0 Å². The van der Waals surface area contributed by atoms with Crippen molar-refractivity contribution in [3.8, 4) is 0 Å². The van der Waals surface area contributed by atoms with Crippen LogP contribution in [0.25, 0.3) is 0 Å². The van der Waals surface area contributed by atoms with Gasteiger partial charge in [-0.1, -0.05) is 5.16 Å². The first-order valence-electron chi connectivity index (χ1n) is 8.72. The van der Waals surface area contributed by atoms with Gasteiger partial charge in [0.25, 0.3) is 0 Å². The van der Waals surface area contributed by atoms with E-state index in [0.717, 1.165) is 77.4 Å². The Hall–Kier alpha value is -1.47. The van der Waals surface area contributed by atoms with Crippen molar-refractivity contribution in [2.24, 2.45) is 0 Å². The Bertz CT molecular complexity index is 518. The molecule has 3 rings (SSSR count). The maximum atomic E-state index is 11.6. The van der Waals surface area contributed by atoms with E-state index in [9.17, 15) is 4.79 Å². The topological polar surface area (TPSA) is 65.7 Å². The summed E-state index contributed by atoms with van der Waals surface area (Å²) in [5.74, 6) is 1.75. The highest BCUT2D eigenvalue weighted by Crippen LogP contribution is 2.11. The maximum absolute atomic E-state index is 11.6. The summed E-state index contributed by atoms with van der Waals surface area (Å²) in [6, 6.07) is 0. The minimum absolute atomic E-state index is 0.336. The SMILES string of the molecule is Cc1nc(CN2CCCN(CCCN3CCCC3=O)CC2)no1. The smallest absolute Gasteiger partial charge is 0.223 e. The number of nitrogens with zero attached hydrogens (tertiary/aromatic N) is 5. The fraction of sp³-hybridized carbons (Fsp3) is 0.812. The average Bonchev–Trinajstić information content (AvgIpc) is 3.05. The first-order valence-corrected chi connectivity index (χ1v) is 8.72. The molecule has 0 aromatic carbocycles. The number of hydrogen-bond acceptors (Lipinski definition) is 6. The highest BCUT2D eigenvalue weighted by atomic mass is 16.5. The van der Waals surface area contributed by atoms with Crippen molar-refractivity contribution >= 4 is 5.91 Å². The summed E-state index contributed by atoms with van der Waals surface area (Å²) in [6.45, 7) is 9.88. The van der Waals surface area contributed by atoms with Crippen LogP contribution in [-0.2, 0) is 11.3 Å². The third-order valence-corrected chi connectivity index (χ3v) is 4.69. The number of aromatic nitrogens is 2. The Balaban J connectivity index is 1.37. The van der Waals surface area contributed by atoms with Crippen molar-refractivity contribution in [2.75, 3.05) is 45.8 Å². The van der Waals surface area contributed by atoms with Gasteiger partial charge in [-0.3, -0.25) is 9.69 Å². The normalized spacial score (nSPS) is 21.1. The standard InChI is InChI=1S/C16H27N5O2/c1-14-17-15(18-23-14)13-20-8-3-6-19(11-12-20)7-4-10-21-9-2-5-16(21)22/h2-13H2,1H3. The predicted molar refractivity (Wildman–Crippen MR) is 85.8 cm³/mol. The lowest BCUT2D eigenvalue weighted by Gasteiger charge is -2.22. The molecule has 2 saturated heterocycles. The van der Waals surface area contributed by atoms with Crippen LogP contribution in [0.4, 0.5) is 0 Å². The second-order valence-electron chi connectivity index (χ2n) is 6.54. The van der Waals surface area contributed by atoms with Crippen molar-refractivity contribution in [2.45, 2.75) is 39.2 Å². The summed E-state index contributed by atoms with van der Waals surface area (Å²) in [7, 11) is 0. The van der Waals surface area contributed by atoms with Crippen molar-refractivity contribution in [1.82, 2.24) is 24.8 Å². The molecule has 7 heteroatoms. The molecule has 23 heavy (non-hydrogen) atoms. The first-order chi connectivity index (χ1) is 11.2. The van der Waals surface area contributed by atoms with Crippen LogP contribution in [-0.4, -0.2) is 76.6 Å². The zero-order valence-electron chi connectivity index (χ0n) is 14.0. The van der Waals surface area contributed by atoms with Crippen LogP contribution < -0.4 is 0 Å². The maximum Gasteiger partial charge on any atom is 0.223 e. The Morgan fingerprint density at radius 1 is 1.04 bits per heavy atom. The quantitative estimate of drug-likeness (QED) is 0.775. The van der Waals surface area contributed by atoms with Gasteiger partial charge in [-0.15, -0.1) is 0 Å². The number of rotatable bonds is 6. The number of carbonyl (C=O) groups is 1. The molecule has 7 nitrogen and oxygen atoms in total. The third-order valence-electron chi connectivity index (χ3n) is 4.69. The van der Waals surface area contributed by atoms with Gasteiger partial charge in [0, 0.05) is 39.5 Å². The van der Waals surface area contributed by atoms with E-state index in [-0.39, 0.29) is 0 Å². The van der Waals surface area contributed by atoms with Crippen LogP contribution in [0.15, 0.2) is 4.52 Å². The molecule has 0 unspecified atom stereocenters. The molecule has 2 aliphatic rings. The van der Waals surface area contributed by atoms with Crippen molar-refractivity contribution in [3.05, 3.63) is 11.7 Å². The molecule has 0 aliphatic carbocycles. The number of amides is 1. The molecular weight excluding hydrogens is 294 g/mol. The molecule has 1 aromatic heterocycles. The van der Waals surface area contributed by atoms with Crippen LogP contribution in [0.1, 0.15) is 37.4 Å². The van der Waals surface area contributed by atoms with E-state index < -0.39 is 0 Å². The zero-order valence-corrected chi connectivity index (χ0v) is 14.0. The second kappa shape index (κ2) is 7.88.